The SMILES string of the molecule is Nc1cc2ccncc2c2sc3ccccc3c12. The summed E-state index contributed by atoms with van der Waals surface area (Å²) >= 11 is 1.79. The van der Waals surface area contributed by atoms with E-state index in [4.69, 9.17) is 5.73 Å². The molecular weight excluding hydrogens is 240 g/mol. The molecule has 4 aromatic rings. The van der Waals surface area contributed by atoms with Gasteiger partial charge in [-0.25, -0.2) is 0 Å². The van der Waals surface area contributed by atoms with Gasteiger partial charge in [0, 0.05) is 43.6 Å². The van der Waals surface area contributed by atoms with Gasteiger partial charge in [0.25, 0.3) is 0 Å². The summed E-state index contributed by atoms with van der Waals surface area (Å²) in [4.78, 5) is 4.23. The van der Waals surface area contributed by atoms with Gasteiger partial charge in [0.15, 0.2) is 0 Å². The van der Waals surface area contributed by atoms with Crippen molar-refractivity contribution in [1.29, 1.82) is 0 Å². The van der Waals surface area contributed by atoms with Crippen molar-refractivity contribution in [3.63, 3.8) is 0 Å². The van der Waals surface area contributed by atoms with Crippen LogP contribution in [0.4, 0.5) is 5.69 Å². The Morgan fingerprint density at radius 3 is 2.89 bits per heavy atom. The van der Waals surface area contributed by atoms with Gasteiger partial charge in [0.1, 0.15) is 0 Å². The van der Waals surface area contributed by atoms with E-state index in [9.17, 15) is 0 Å². The second-order valence-electron chi connectivity index (χ2n) is 4.36. The highest BCUT2D eigenvalue weighted by Gasteiger charge is 2.11. The van der Waals surface area contributed by atoms with Crippen LogP contribution < -0.4 is 5.73 Å². The Hall–Kier alpha value is -2.13. The summed E-state index contributed by atoms with van der Waals surface area (Å²) in [5, 5.41) is 4.74. The zero-order chi connectivity index (χ0) is 12.1. The molecule has 3 heteroatoms. The minimum atomic E-state index is 0.848. The minimum Gasteiger partial charge on any atom is -0.398 e. The summed E-state index contributed by atoms with van der Waals surface area (Å²) in [5.41, 5.74) is 7.07. The first kappa shape index (κ1) is 9.85. The summed E-state index contributed by atoms with van der Waals surface area (Å²) in [6.45, 7) is 0. The lowest BCUT2D eigenvalue weighted by molar-refractivity contribution is 1.37. The Morgan fingerprint density at radius 1 is 1.06 bits per heavy atom. The van der Waals surface area contributed by atoms with E-state index in [-0.39, 0.29) is 0 Å². The Bertz CT molecular complexity index is 893. The van der Waals surface area contributed by atoms with Crippen LogP contribution in [0.2, 0.25) is 0 Å². The van der Waals surface area contributed by atoms with Crippen LogP contribution in [-0.4, -0.2) is 4.98 Å². The molecule has 2 nitrogen and oxygen atoms in total. The number of hydrogen-bond acceptors (Lipinski definition) is 3. The molecule has 0 aliphatic carbocycles. The fraction of sp³-hybridized carbons (Fsp3) is 0. The number of aromatic nitrogens is 1. The number of anilines is 1. The average Bonchev–Trinajstić information content (AvgIpc) is 2.79. The highest BCUT2D eigenvalue weighted by molar-refractivity contribution is 7.26. The Balaban J connectivity index is 2.38. The van der Waals surface area contributed by atoms with Crippen molar-refractivity contribution in [3.8, 4) is 0 Å². The first-order chi connectivity index (χ1) is 8.84. The van der Waals surface area contributed by atoms with Crippen molar-refractivity contribution >= 4 is 48.0 Å². The van der Waals surface area contributed by atoms with E-state index in [0.717, 1.165) is 16.5 Å². The largest absolute Gasteiger partial charge is 0.398 e. The summed E-state index contributed by atoms with van der Waals surface area (Å²) in [7, 11) is 0. The third-order valence-corrected chi connectivity index (χ3v) is 4.50. The van der Waals surface area contributed by atoms with Crippen LogP contribution in [0.25, 0.3) is 30.9 Å². The second kappa shape index (κ2) is 3.43. The average molecular weight is 250 g/mol. The molecule has 0 aliphatic heterocycles. The Labute approximate surface area is 108 Å². The van der Waals surface area contributed by atoms with Gasteiger partial charge >= 0.3 is 0 Å². The molecule has 0 fully saturated rings. The molecule has 0 aliphatic rings. The number of hydrogen-bond donors (Lipinski definition) is 1. The van der Waals surface area contributed by atoms with Crippen LogP contribution in [0.5, 0.6) is 0 Å². The van der Waals surface area contributed by atoms with E-state index in [1.54, 1.807) is 17.5 Å². The maximum atomic E-state index is 6.22. The van der Waals surface area contributed by atoms with Gasteiger partial charge in [-0.05, 0) is 23.6 Å². The zero-order valence-corrected chi connectivity index (χ0v) is 10.4. The molecule has 2 N–H and O–H groups in total. The molecule has 2 aromatic carbocycles. The molecular formula is C15H10N2S. The number of fused-ring (bicyclic) bond motifs is 5. The number of pyridine rings is 1. The molecule has 0 radical (unpaired) electrons. The van der Waals surface area contributed by atoms with Crippen molar-refractivity contribution in [2.24, 2.45) is 0 Å². The van der Waals surface area contributed by atoms with E-state index in [1.807, 2.05) is 18.3 Å². The zero-order valence-electron chi connectivity index (χ0n) is 9.55. The van der Waals surface area contributed by atoms with E-state index >= 15 is 0 Å². The molecule has 0 saturated heterocycles. The van der Waals surface area contributed by atoms with Gasteiger partial charge < -0.3 is 5.73 Å². The third kappa shape index (κ3) is 1.19. The number of rotatable bonds is 0. The first-order valence-electron chi connectivity index (χ1n) is 5.78. The molecule has 2 aromatic heterocycles. The van der Waals surface area contributed by atoms with Crippen molar-refractivity contribution in [2.75, 3.05) is 5.73 Å². The molecule has 4 rings (SSSR count). The van der Waals surface area contributed by atoms with Crippen LogP contribution in [0, 0.1) is 0 Å². The molecule has 2 heterocycles. The van der Waals surface area contributed by atoms with Crippen molar-refractivity contribution < 1.29 is 0 Å². The Kier molecular flexibility index (Phi) is 1.88. The van der Waals surface area contributed by atoms with E-state index in [0.29, 0.717) is 0 Å². The number of benzene rings is 2. The van der Waals surface area contributed by atoms with Crippen LogP contribution in [0.3, 0.4) is 0 Å². The Morgan fingerprint density at radius 2 is 1.94 bits per heavy atom. The lowest BCUT2D eigenvalue weighted by Gasteiger charge is -2.02. The monoisotopic (exact) mass is 250 g/mol. The highest BCUT2D eigenvalue weighted by atomic mass is 32.1. The van der Waals surface area contributed by atoms with Crippen LogP contribution in [0.1, 0.15) is 0 Å². The molecule has 0 amide bonds. The predicted octanol–water partition coefficient (Wildman–Crippen LogP) is 4.18. The summed E-state index contributed by atoms with van der Waals surface area (Å²) in [5.74, 6) is 0. The van der Waals surface area contributed by atoms with Gasteiger partial charge in [-0.3, -0.25) is 4.98 Å². The molecule has 0 spiro atoms. The normalized spacial score (nSPS) is 11.6. The standard InChI is InChI=1S/C15H10N2S/c16-12-7-9-5-6-17-8-11(9)15-14(12)10-3-1-2-4-13(10)18-15/h1-8H,16H2. The maximum Gasteiger partial charge on any atom is 0.0470 e. The molecule has 18 heavy (non-hydrogen) atoms. The second-order valence-corrected chi connectivity index (χ2v) is 5.42. The highest BCUT2D eigenvalue weighted by Crippen LogP contribution is 2.41. The summed E-state index contributed by atoms with van der Waals surface area (Å²) in [6, 6.07) is 12.4. The topological polar surface area (TPSA) is 38.9 Å². The first-order valence-corrected chi connectivity index (χ1v) is 6.60. The van der Waals surface area contributed by atoms with E-state index < -0.39 is 0 Å². The van der Waals surface area contributed by atoms with Gasteiger partial charge in [0.05, 0.1) is 0 Å². The quantitative estimate of drug-likeness (QED) is 0.475. The van der Waals surface area contributed by atoms with Crippen molar-refractivity contribution in [1.82, 2.24) is 4.98 Å². The summed E-state index contributed by atoms with van der Waals surface area (Å²) in [6.07, 6.45) is 3.73. The fourth-order valence-corrected chi connectivity index (χ4v) is 3.74. The van der Waals surface area contributed by atoms with Crippen molar-refractivity contribution in [2.45, 2.75) is 0 Å². The van der Waals surface area contributed by atoms with Gasteiger partial charge in [0.2, 0.25) is 0 Å². The van der Waals surface area contributed by atoms with Crippen LogP contribution in [-0.2, 0) is 0 Å². The van der Waals surface area contributed by atoms with E-state index in [1.165, 1.54) is 20.2 Å². The number of nitrogens with zero attached hydrogens (tertiary/aromatic N) is 1. The van der Waals surface area contributed by atoms with Gasteiger partial charge in [-0.2, -0.15) is 0 Å². The van der Waals surface area contributed by atoms with Crippen LogP contribution in [0.15, 0.2) is 48.8 Å². The predicted molar refractivity (Wildman–Crippen MR) is 79.0 cm³/mol. The molecule has 0 saturated carbocycles. The van der Waals surface area contributed by atoms with Crippen molar-refractivity contribution in [3.05, 3.63) is 48.8 Å². The lowest BCUT2D eigenvalue weighted by atomic mass is 10.1. The third-order valence-electron chi connectivity index (χ3n) is 3.29. The number of nitrogens with two attached hydrogens (primary N) is 1. The smallest absolute Gasteiger partial charge is 0.0470 e. The minimum absolute atomic E-state index is 0.848. The summed E-state index contributed by atoms with van der Waals surface area (Å²) < 4.78 is 2.51. The molecule has 0 bridgehead atoms. The van der Waals surface area contributed by atoms with Gasteiger partial charge in [-0.1, -0.05) is 18.2 Å². The van der Waals surface area contributed by atoms with Crippen LogP contribution >= 0.6 is 11.3 Å². The number of nitrogen functional groups attached to an aromatic ring is 1. The fourth-order valence-electron chi connectivity index (χ4n) is 2.48. The van der Waals surface area contributed by atoms with Gasteiger partial charge in [-0.15, -0.1) is 11.3 Å². The number of thiophene rings is 1. The maximum absolute atomic E-state index is 6.22. The van der Waals surface area contributed by atoms with E-state index in [2.05, 4.69) is 29.2 Å². The lowest BCUT2D eigenvalue weighted by Crippen LogP contribution is -1.86. The molecule has 0 atom stereocenters. The molecule has 0 unspecified atom stereocenters. The molecule has 86 valence electrons.